The molecule has 0 aliphatic rings. The molecule has 0 atom stereocenters. The van der Waals surface area contributed by atoms with Gasteiger partial charge in [0.05, 0.1) is 10.6 Å². The Labute approximate surface area is 118 Å². The lowest BCUT2D eigenvalue weighted by Crippen LogP contribution is -2.10. The van der Waals surface area contributed by atoms with Crippen molar-refractivity contribution < 1.29 is 4.92 Å². The molecule has 20 heavy (non-hydrogen) atoms. The molecule has 0 aromatic heterocycles. The van der Waals surface area contributed by atoms with Gasteiger partial charge in [0, 0.05) is 26.2 Å². The van der Waals surface area contributed by atoms with Gasteiger partial charge in [-0.25, -0.2) is 0 Å². The van der Waals surface area contributed by atoms with E-state index in [4.69, 9.17) is 0 Å². The average molecular weight is 268 g/mol. The molecule has 2 aromatic carbocycles. The van der Waals surface area contributed by atoms with Gasteiger partial charge in [0.2, 0.25) is 0 Å². The third kappa shape index (κ3) is 3.23. The highest BCUT2D eigenvalue weighted by atomic mass is 16.6. The Balaban J connectivity index is 2.36. The zero-order chi connectivity index (χ0) is 14.5. The lowest BCUT2D eigenvalue weighted by Gasteiger charge is -2.15. The van der Waals surface area contributed by atoms with Crippen molar-refractivity contribution in [2.45, 2.75) is 0 Å². The van der Waals surface area contributed by atoms with Crippen molar-refractivity contribution in [3.8, 4) is 0 Å². The van der Waals surface area contributed by atoms with Crippen molar-refractivity contribution in [3.05, 3.63) is 69.8 Å². The van der Waals surface area contributed by atoms with E-state index in [-0.39, 0.29) is 10.6 Å². The van der Waals surface area contributed by atoms with Gasteiger partial charge in [0.25, 0.3) is 5.69 Å². The highest BCUT2D eigenvalue weighted by Gasteiger charge is 2.10. The van der Waals surface area contributed by atoms with Gasteiger partial charge in [0.15, 0.2) is 0 Å². The number of nitro groups is 1. The zero-order valence-electron chi connectivity index (χ0n) is 11.5. The van der Waals surface area contributed by atoms with Crippen LogP contribution in [0.4, 0.5) is 11.4 Å². The van der Waals surface area contributed by atoms with E-state index in [1.54, 1.807) is 12.1 Å². The Morgan fingerprint density at radius 2 is 1.75 bits per heavy atom. The standard InChI is InChI=1S/C16H16N2O2/c1-17(2)16-12-15(18(19)20)11-10-14(16)9-8-13-6-4-3-5-7-13/h3-12H,1-2H3. The monoisotopic (exact) mass is 268 g/mol. The summed E-state index contributed by atoms with van der Waals surface area (Å²) in [6.07, 6.45) is 3.96. The lowest BCUT2D eigenvalue weighted by atomic mass is 10.1. The van der Waals surface area contributed by atoms with Crippen LogP contribution in [0.2, 0.25) is 0 Å². The molecule has 0 amide bonds. The minimum Gasteiger partial charge on any atom is -0.377 e. The van der Waals surface area contributed by atoms with E-state index >= 15 is 0 Å². The highest BCUT2D eigenvalue weighted by molar-refractivity contribution is 5.78. The van der Waals surface area contributed by atoms with E-state index in [2.05, 4.69) is 0 Å². The Hall–Kier alpha value is -2.62. The number of hydrogen-bond acceptors (Lipinski definition) is 3. The van der Waals surface area contributed by atoms with E-state index in [1.165, 1.54) is 6.07 Å². The molecular formula is C16H16N2O2. The second-order valence-electron chi connectivity index (χ2n) is 4.64. The summed E-state index contributed by atoms with van der Waals surface area (Å²) in [6.45, 7) is 0. The number of nitrogens with zero attached hydrogens (tertiary/aromatic N) is 2. The van der Waals surface area contributed by atoms with Gasteiger partial charge in [0.1, 0.15) is 0 Å². The number of rotatable bonds is 4. The minimum atomic E-state index is -0.377. The van der Waals surface area contributed by atoms with Gasteiger partial charge in [-0.1, -0.05) is 42.5 Å². The molecular weight excluding hydrogens is 252 g/mol. The summed E-state index contributed by atoms with van der Waals surface area (Å²) in [5.74, 6) is 0. The zero-order valence-corrected chi connectivity index (χ0v) is 11.5. The quantitative estimate of drug-likeness (QED) is 0.481. The van der Waals surface area contributed by atoms with E-state index in [1.807, 2.05) is 61.5 Å². The third-order valence-electron chi connectivity index (χ3n) is 2.96. The fraction of sp³-hybridized carbons (Fsp3) is 0.125. The number of anilines is 1. The fourth-order valence-electron chi connectivity index (χ4n) is 1.92. The molecule has 0 radical (unpaired) electrons. The van der Waals surface area contributed by atoms with Crippen LogP contribution < -0.4 is 4.90 Å². The average Bonchev–Trinajstić information content (AvgIpc) is 2.45. The maximum Gasteiger partial charge on any atom is 0.271 e. The highest BCUT2D eigenvalue weighted by Crippen LogP contribution is 2.26. The first-order chi connectivity index (χ1) is 9.58. The fourth-order valence-corrected chi connectivity index (χ4v) is 1.92. The van der Waals surface area contributed by atoms with Crippen LogP contribution in [0.1, 0.15) is 11.1 Å². The summed E-state index contributed by atoms with van der Waals surface area (Å²) in [6, 6.07) is 14.8. The molecule has 2 rings (SSSR count). The van der Waals surface area contributed by atoms with E-state index in [9.17, 15) is 10.1 Å². The first-order valence-electron chi connectivity index (χ1n) is 6.27. The van der Waals surface area contributed by atoms with Gasteiger partial charge < -0.3 is 4.90 Å². The van der Waals surface area contributed by atoms with Crippen LogP contribution in [0.15, 0.2) is 48.5 Å². The summed E-state index contributed by atoms with van der Waals surface area (Å²) >= 11 is 0. The number of hydrogen-bond donors (Lipinski definition) is 0. The van der Waals surface area contributed by atoms with Crippen LogP contribution in [0.5, 0.6) is 0 Å². The van der Waals surface area contributed by atoms with Crippen molar-refractivity contribution in [1.82, 2.24) is 0 Å². The van der Waals surface area contributed by atoms with Crippen molar-refractivity contribution in [2.75, 3.05) is 19.0 Å². The molecule has 2 aromatic rings. The van der Waals surface area contributed by atoms with Crippen LogP contribution in [0.3, 0.4) is 0 Å². The van der Waals surface area contributed by atoms with Gasteiger partial charge in [-0.15, -0.1) is 0 Å². The summed E-state index contributed by atoms with van der Waals surface area (Å²) in [4.78, 5) is 12.3. The molecule has 0 N–H and O–H groups in total. The summed E-state index contributed by atoms with van der Waals surface area (Å²) in [7, 11) is 3.75. The molecule has 0 saturated carbocycles. The van der Waals surface area contributed by atoms with Crippen LogP contribution in [0.25, 0.3) is 12.2 Å². The molecule has 0 saturated heterocycles. The third-order valence-corrected chi connectivity index (χ3v) is 2.96. The van der Waals surface area contributed by atoms with E-state index in [0.717, 1.165) is 16.8 Å². The summed E-state index contributed by atoms with van der Waals surface area (Å²) in [5, 5.41) is 10.8. The predicted octanol–water partition coefficient (Wildman–Crippen LogP) is 3.83. The van der Waals surface area contributed by atoms with Gasteiger partial charge in [-0.3, -0.25) is 10.1 Å². The van der Waals surface area contributed by atoms with Crippen molar-refractivity contribution in [2.24, 2.45) is 0 Å². The molecule has 0 unspecified atom stereocenters. The molecule has 0 spiro atoms. The van der Waals surface area contributed by atoms with Crippen LogP contribution in [0, 0.1) is 10.1 Å². The first-order valence-corrected chi connectivity index (χ1v) is 6.27. The molecule has 0 fully saturated rings. The summed E-state index contributed by atoms with van der Waals surface area (Å²) in [5.41, 5.74) is 2.97. The number of benzene rings is 2. The topological polar surface area (TPSA) is 46.4 Å². The van der Waals surface area contributed by atoms with Crippen LogP contribution in [-0.4, -0.2) is 19.0 Å². The van der Waals surface area contributed by atoms with Crippen molar-refractivity contribution in [1.29, 1.82) is 0 Å². The predicted molar refractivity (Wildman–Crippen MR) is 82.8 cm³/mol. The van der Waals surface area contributed by atoms with Gasteiger partial charge in [-0.05, 0) is 17.2 Å². The minimum absolute atomic E-state index is 0.102. The Morgan fingerprint density at radius 1 is 1.05 bits per heavy atom. The molecule has 4 heteroatoms. The van der Waals surface area contributed by atoms with E-state index in [0.29, 0.717) is 0 Å². The SMILES string of the molecule is CN(C)c1cc([N+](=O)[O-])ccc1C=Cc1ccccc1. The Kier molecular flexibility index (Phi) is 4.15. The van der Waals surface area contributed by atoms with Crippen LogP contribution >= 0.6 is 0 Å². The van der Waals surface area contributed by atoms with Gasteiger partial charge >= 0.3 is 0 Å². The molecule has 4 nitrogen and oxygen atoms in total. The van der Waals surface area contributed by atoms with Crippen molar-refractivity contribution >= 4 is 23.5 Å². The normalized spacial score (nSPS) is 10.7. The smallest absolute Gasteiger partial charge is 0.271 e. The second kappa shape index (κ2) is 6.02. The van der Waals surface area contributed by atoms with Crippen LogP contribution in [-0.2, 0) is 0 Å². The molecule has 0 aliphatic carbocycles. The molecule has 0 bridgehead atoms. The lowest BCUT2D eigenvalue weighted by molar-refractivity contribution is -0.384. The second-order valence-corrected chi connectivity index (χ2v) is 4.64. The van der Waals surface area contributed by atoms with Gasteiger partial charge in [-0.2, -0.15) is 0 Å². The Bertz CT molecular complexity index is 634. The number of non-ortho nitro benzene ring substituents is 1. The first kappa shape index (κ1) is 13.8. The maximum atomic E-state index is 10.8. The summed E-state index contributed by atoms with van der Waals surface area (Å²) < 4.78 is 0. The van der Waals surface area contributed by atoms with Crippen molar-refractivity contribution in [3.63, 3.8) is 0 Å². The Morgan fingerprint density at radius 3 is 2.35 bits per heavy atom. The largest absolute Gasteiger partial charge is 0.377 e. The molecule has 0 heterocycles. The van der Waals surface area contributed by atoms with E-state index < -0.39 is 0 Å². The maximum absolute atomic E-state index is 10.8. The molecule has 102 valence electrons. The molecule has 0 aliphatic heterocycles. The number of nitro benzene ring substituents is 1.